The van der Waals surface area contributed by atoms with Gasteiger partial charge in [0.25, 0.3) is 5.56 Å². The molecule has 0 spiro atoms. The molecule has 49 heavy (non-hydrogen) atoms. The molecular formula is C37H29ClN2O8S. The van der Waals surface area contributed by atoms with E-state index in [2.05, 4.69) is 0 Å². The maximum absolute atomic E-state index is 14.3. The van der Waals surface area contributed by atoms with Crippen LogP contribution in [0.4, 0.5) is 0 Å². The molecule has 4 heterocycles. The summed E-state index contributed by atoms with van der Waals surface area (Å²) >= 11 is 7.45. The molecule has 248 valence electrons. The van der Waals surface area contributed by atoms with Crippen LogP contribution in [0, 0.1) is 0 Å². The van der Waals surface area contributed by atoms with E-state index in [1.165, 1.54) is 4.57 Å². The average molecular weight is 697 g/mol. The van der Waals surface area contributed by atoms with Crippen molar-refractivity contribution in [2.24, 2.45) is 4.99 Å². The van der Waals surface area contributed by atoms with Crippen molar-refractivity contribution in [2.45, 2.75) is 32.9 Å². The van der Waals surface area contributed by atoms with Gasteiger partial charge in [0.1, 0.15) is 11.5 Å². The number of nitrogens with zero attached hydrogens (tertiary/aromatic N) is 2. The van der Waals surface area contributed by atoms with Crippen molar-refractivity contribution in [3.63, 3.8) is 0 Å². The van der Waals surface area contributed by atoms with Crippen LogP contribution in [-0.2, 0) is 14.3 Å². The van der Waals surface area contributed by atoms with Crippen molar-refractivity contribution in [1.82, 2.24) is 4.57 Å². The molecule has 0 radical (unpaired) electrons. The number of fused-ring (bicyclic) bond motifs is 2. The molecule has 5 aromatic rings. The van der Waals surface area contributed by atoms with Gasteiger partial charge in [-0.2, -0.15) is 0 Å². The fraction of sp³-hybridized carbons (Fsp3) is 0.189. The van der Waals surface area contributed by atoms with Crippen molar-refractivity contribution in [3.8, 4) is 22.8 Å². The summed E-state index contributed by atoms with van der Waals surface area (Å²) in [6.45, 7) is 5.46. The number of benzene rings is 3. The Morgan fingerprint density at radius 2 is 1.82 bits per heavy atom. The Balaban J connectivity index is 1.39. The third-order valence-electron chi connectivity index (χ3n) is 7.80. The molecule has 1 atom stereocenters. The molecule has 12 heteroatoms. The van der Waals surface area contributed by atoms with Gasteiger partial charge in [0, 0.05) is 22.2 Å². The predicted molar refractivity (Wildman–Crippen MR) is 183 cm³/mol. The van der Waals surface area contributed by atoms with Gasteiger partial charge in [0.15, 0.2) is 16.3 Å². The summed E-state index contributed by atoms with van der Waals surface area (Å²) in [5, 5.41) is 0.414. The number of ether oxygens (including phenoxy) is 4. The van der Waals surface area contributed by atoms with E-state index in [9.17, 15) is 14.4 Å². The molecule has 3 aromatic carbocycles. The molecule has 0 saturated carbocycles. The minimum atomic E-state index is -0.893. The minimum Gasteiger partial charge on any atom is -0.463 e. The summed E-state index contributed by atoms with van der Waals surface area (Å²) in [6, 6.07) is 21.9. The van der Waals surface area contributed by atoms with Gasteiger partial charge in [-0.1, -0.05) is 59.3 Å². The molecule has 7 rings (SSSR count). The molecular weight excluding hydrogens is 668 g/mol. The fourth-order valence-electron chi connectivity index (χ4n) is 5.72. The van der Waals surface area contributed by atoms with E-state index in [1.54, 1.807) is 75.4 Å². The molecule has 0 amide bonds. The number of carbonyl (C=O) groups excluding carboxylic acids is 2. The van der Waals surface area contributed by atoms with Crippen LogP contribution in [0.25, 0.3) is 23.1 Å². The van der Waals surface area contributed by atoms with Gasteiger partial charge in [0.2, 0.25) is 6.79 Å². The standard InChI is InChI=1S/C37H29ClN2O8S/c1-4-44-36(43)31-32(21-8-6-5-7-9-21)39-37-40(33(31)22-10-14-28-29(16-22)46-19-45-28)34(41)30(49-37)18-24-12-15-27(48-24)26-17-23(38)11-13-25(26)35(42)47-20(2)3/h5-18,20,33H,4,19H2,1-3H3/b30-18+/t33-/m1/s1. The van der Waals surface area contributed by atoms with Gasteiger partial charge >= 0.3 is 11.9 Å². The summed E-state index contributed by atoms with van der Waals surface area (Å²) < 4.78 is 30.1. The number of aromatic nitrogens is 1. The molecule has 0 bridgehead atoms. The first-order valence-corrected chi connectivity index (χ1v) is 16.7. The van der Waals surface area contributed by atoms with E-state index < -0.39 is 18.0 Å². The van der Waals surface area contributed by atoms with Crippen molar-refractivity contribution < 1.29 is 33.0 Å². The monoisotopic (exact) mass is 696 g/mol. The molecule has 0 aliphatic carbocycles. The highest BCUT2D eigenvalue weighted by atomic mass is 35.5. The fourth-order valence-corrected chi connectivity index (χ4v) is 6.87. The highest BCUT2D eigenvalue weighted by molar-refractivity contribution is 7.07. The molecule has 0 saturated heterocycles. The minimum absolute atomic E-state index is 0.0676. The number of halogens is 1. The van der Waals surface area contributed by atoms with Crippen LogP contribution in [0.1, 0.15) is 54.1 Å². The van der Waals surface area contributed by atoms with E-state index in [0.29, 0.717) is 65.3 Å². The van der Waals surface area contributed by atoms with E-state index in [4.69, 9.17) is 40.0 Å². The summed E-state index contributed by atoms with van der Waals surface area (Å²) in [6.07, 6.45) is 1.29. The SMILES string of the molecule is CCOC(=O)C1=C(c2ccccc2)N=c2s/c(=C/c3ccc(-c4cc(Cl)ccc4C(=O)OC(C)C)o3)c(=O)n2[C@@H]1c1ccc2c(c1)OCO2. The second-order valence-corrected chi connectivity index (χ2v) is 12.8. The van der Waals surface area contributed by atoms with Crippen LogP contribution in [0.2, 0.25) is 5.02 Å². The summed E-state index contributed by atoms with van der Waals surface area (Å²) in [5.41, 5.74) is 2.28. The maximum atomic E-state index is 14.3. The highest BCUT2D eigenvalue weighted by Crippen LogP contribution is 2.40. The highest BCUT2D eigenvalue weighted by Gasteiger charge is 2.36. The molecule has 0 unspecified atom stereocenters. The van der Waals surface area contributed by atoms with E-state index >= 15 is 0 Å². The number of esters is 2. The van der Waals surface area contributed by atoms with Crippen molar-refractivity contribution in [1.29, 1.82) is 0 Å². The quantitative estimate of drug-likeness (QED) is 0.178. The Morgan fingerprint density at radius 3 is 2.59 bits per heavy atom. The van der Waals surface area contributed by atoms with Crippen molar-refractivity contribution >= 4 is 46.6 Å². The number of carbonyl (C=O) groups is 2. The second kappa shape index (κ2) is 13.3. The predicted octanol–water partition coefficient (Wildman–Crippen LogP) is 6.14. The van der Waals surface area contributed by atoms with Crippen LogP contribution >= 0.6 is 22.9 Å². The Hall–Kier alpha value is -5.39. The van der Waals surface area contributed by atoms with E-state index in [1.807, 2.05) is 30.3 Å². The summed E-state index contributed by atoms with van der Waals surface area (Å²) in [7, 11) is 0. The van der Waals surface area contributed by atoms with Crippen LogP contribution in [0.5, 0.6) is 11.5 Å². The molecule has 0 fully saturated rings. The van der Waals surface area contributed by atoms with Crippen LogP contribution in [0.15, 0.2) is 98.6 Å². The normalized spacial score (nSPS) is 15.3. The zero-order valence-corrected chi connectivity index (χ0v) is 28.2. The number of thiazole rings is 1. The van der Waals surface area contributed by atoms with E-state index in [0.717, 1.165) is 11.3 Å². The van der Waals surface area contributed by atoms with Crippen molar-refractivity contribution in [2.75, 3.05) is 13.4 Å². The number of rotatable bonds is 8. The lowest BCUT2D eigenvalue weighted by Crippen LogP contribution is -2.40. The topological polar surface area (TPSA) is 119 Å². The lowest BCUT2D eigenvalue weighted by atomic mass is 9.93. The Labute approximate surface area is 289 Å². The van der Waals surface area contributed by atoms with Crippen LogP contribution < -0.4 is 24.4 Å². The van der Waals surface area contributed by atoms with Gasteiger partial charge < -0.3 is 23.4 Å². The van der Waals surface area contributed by atoms with Crippen LogP contribution in [-0.4, -0.2) is 36.0 Å². The summed E-state index contributed by atoms with van der Waals surface area (Å²) in [4.78, 5) is 46.2. The first-order valence-electron chi connectivity index (χ1n) is 15.5. The molecule has 2 aliphatic rings. The number of hydrogen-bond acceptors (Lipinski definition) is 10. The Morgan fingerprint density at radius 1 is 1.02 bits per heavy atom. The van der Waals surface area contributed by atoms with Gasteiger partial charge in [-0.3, -0.25) is 9.36 Å². The van der Waals surface area contributed by atoms with Gasteiger partial charge in [-0.05, 0) is 68.8 Å². The second-order valence-electron chi connectivity index (χ2n) is 11.4. The zero-order valence-electron chi connectivity index (χ0n) is 26.6. The van der Waals surface area contributed by atoms with E-state index in [-0.39, 0.29) is 30.6 Å². The Kier molecular flexibility index (Phi) is 8.70. The largest absolute Gasteiger partial charge is 0.463 e. The third-order valence-corrected chi connectivity index (χ3v) is 9.01. The van der Waals surface area contributed by atoms with Crippen molar-refractivity contribution in [3.05, 3.63) is 132 Å². The third kappa shape index (κ3) is 6.18. The van der Waals surface area contributed by atoms with Gasteiger partial charge in [0.05, 0.1) is 40.1 Å². The zero-order chi connectivity index (χ0) is 34.2. The average Bonchev–Trinajstić information content (AvgIpc) is 3.83. The maximum Gasteiger partial charge on any atom is 0.339 e. The Bertz CT molecular complexity index is 2320. The van der Waals surface area contributed by atoms with Gasteiger partial charge in [-0.25, -0.2) is 14.6 Å². The number of furan rings is 1. The molecule has 10 nitrogen and oxygen atoms in total. The van der Waals surface area contributed by atoms with Crippen LogP contribution in [0.3, 0.4) is 0 Å². The molecule has 2 aliphatic heterocycles. The number of hydrogen-bond donors (Lipinski definition) is 0. The first kappa shape index (κ1) is 32.2. The summed E-state index contributed by atoms with van der Waals surface area (Å²) in [5.74, 6) is 0.688. The lowest BCUT2D eigenvalue weighted by molar-refractivity contribution is -0.138. The van der Waals surface area contributed by atoms with Gasteiger partial charge in [-0.15, -0.1) is 0 Å². The molecule has 2 aromatic heterocycles. The first-order chi connectivity index (χ1) is 23.7. The molecule has 0 N–H and O–H groups in total. The lowest BCUT2D eigenvalue weighted by Gasteiger charge is -2.26. The smallest absolute Gasteiger partial charge is 0.339 e.